The van der Waals surface area contributed by atoms with Crippen molar-refractivity contribution in [1.82, 2.24) is 9.88 Å². The molecule has 1 saturated heterocycles. The number of fused-ring (bicyclic) bond motifs is 1. The number of hydrogen-bond donors (Lipinski definition) is 2. The number of anilines is 1. The van der Waals surface area contributed by atoms with Crippen LogP contribution in [0.5, 0.6) is 0 Å². The number of primary amides is 1. The lowest BCUT2D eigenvalue weighted by atomic mass is 10.1. The fraction of sp³-hybridized carbons (Fsp3) is 0.286. The smallest absolute Gasteiger partial charge is 0.258 e. The number of carbonyl (C=O) groups is 2. The molecule has 1 aliphatic heterocycles. The van der Waals surface area contributed by atoms with Gasteiger partial charge >= 0.3 is 0 Å². The number of rotatable bonds is 7. The van der Waals surface area contributed by atoms with Crippen LogP contribution in [0.15, 0.2) is 41.3 Å². The largest absolute Gasteiger partial charge is 0.366 e. The van der Waals surface area contributed by atoms with Gasteiger partial charge in [0.25, 0.3) is 5.91 Å². The Morgan fingerprint density at radius 1 is 1.16 bits per heavy atom. The van der Waals surface area contributed by atoms with Crippen LogP contribution in [0.3, 0.4) is 0 Å². The Hall–Kier alpha value is -2.53. The van der Waals surface area contributed by atoms with Gasteiger partial charge in [-0.3, -0.25) is 14.9 Å². The number of hydrogen-bond acceptors (Lipinski definition) is 7. The van der Waals surface area contributed by atoms with Crippen molar-refractivity contribution in [3.8, 4) is 0 Å². The van der Waals surface area contributed by atoms with Gasteiger partial charge in [0.1, 0.15) is 0 Å². The van der Waals surface area contributed by atoms with Crippen LogP contribution in [0.4, 0.5) is 5.13 Å². The Morgan fingerprint density at radius 3 is 2.59 bits per heavy atom. The van der Waals surface area contributed by atoms with Crippen molar-refractivity contribution in [1.29, 1.82) is 0 Å². The first-order chi connectivity index (χ1) is 15.2. The SMILES string of the molecule is NC(=O)c1cccc(C(=O)Nc2nc3ccc(S(=O)(=O)CCN4CCCC4)cc3s2)c1Cl. The van der Waals surface area contributed by atoms with E-state index in [-0.39, 0.29) is 31.9 Å². The maximum Gasteiger partial charge on any atom is 0.258 e. The molecular formula is C21H21ClN4O4S2. The zero-order valence-electron chi connectivity index (χ0n) is 17.0. The number of amides is 2. The zero-order valence-corrected chi connectivity index (χ0v) is 19.4. The maximum atomic E-state index is 12.8. The summed E-state index contributed by atoms with van der Waals surface area (Å²) in [5.74, 6) is -1.21. The minimum atomic E-state index is -3.43. The molecule has 32 heavy (non-hydrogen) atoms. The number of carbonyl (C=O) groups excluding carboxylic acids is 2. The van der Waals surface area contributed by atoms with Crippen molar-refractivity contribution in [2.75, 3.05) is 30.7 Å². The van der Waals surface area contributed by atoms with E-state index >= 15 is 0 Å². The second kappa shape index (κ2) is 9.14. The van der Waals surface area contributed by atoms with Gasteiger partial charge in [0, 0.05) is 6.54 Å². The Balaban J connectivity index is 1.52. The van der Waals surface area contributed by atoms with Crippen molar-refractivity contribution < 1.29 is 18.0 Å². The molecule has 3 aromatic rings. The second-order valence-corrected chi connectivity index (χ2v) is 11.0. The van der Waals surface area contributed by atoms with Crippen LogP contribution in [-0.2, 0) is 9.84 Å². The maximum absolute atomic E-state index is 12.8. The summed E-state index contributed by atoms with van der Waals surface area (Å²) in [6, 6.07) is 9.18. The van der Waals surface area contributed by atoms with Crippen molar-refractivity contribution in [2.45, 2.75) is 17.7 Å². The summed E-state index contributed by atoms with van der Waals surface area (Å²) in [5, 5.41) is 2.90. The third kappa shape index (κ3) is 4.78. The molecule has 2 heterocycles. The van der Waals surface area contributed by atoms with Gasteiger partial charge in [-0.1, -0.05) is 29.0 Å². The van der Waals surface area contributed by atoms with Gasteiger partial charge in [-0.2, -0.15) is 0 Å². The molecular weight excluding hydrogens is 472 g/mol. The lowest BCUT2D eigenvalue weighted by Crippen LogP contribution is -2.26. The van der Waals surface area contributed by atoms with Gasteiger partial charge in [0.05, 0.1) is 37.0 Å². The van der Waals surface area contributed by atoms with E-state index in [0.29, 0.717) is 16.8 Å². The Labute approximate surface area is 194 Å². The molecule has 0 saturated carbocycles. The number of benzene rings is 2. The van der Waals surface area contributed by atoms with E-state index in [9.17, 15) is 18.0 Å². The van der Waals surface area contributed by atoms with E-state index in [1.807, 2.05) is 0 Å². The quantitative estimate of drug-likeness (QED) is 0.522. The number of thiazole rings is 1. The summed E-state index contributed by atoms with van der Waals surface area (Å²) in [6.07, 6.45) is 2.22. The Morgan fingerprint density at radius 2 is 1.88 bits per heavy atom. The summed E-state index contributed by atoms with van der Waals surface area (Å²) >= 11 is 7.30. The highest BCUT2D eigenvalue weighted by Crippen LogP contribution is 2.30. The van der Waals surface area contributed by atoms with Crippen LogP contribution in [0.1, 0.15) is 33.6 Å². The fourth-order valence-electron chi connectivity index (χ4n) is 3.59. The number of sulfone groups is 1. The minimum Gasteiger partial charge on any atom is -0.366 e. The summed E-state index contributed by atoms with van der Waals surface area (Å²) in [6.45, 7) is 2.41. The van der Waals surface area contributed by atoms with Crippen molar-refractivity contribution in [2.24, 2.45) is 5.73 Å². The molecule has 0 spiro atoms. The summed E-state index contributed by atoms with van der Waals surface area (Å²) < 4.78 is 26.2. The van der Waals surface area contributed by atoms with E-state index in [2.05, 4.69) is 15.2 Å². The standard InChI is InChI=1S/C21H21ClN4O4S2/c22-18-14(19(23)27)4-3-5-15(18)20(28)25-21-24-16-7-6-13(12-17(16)31-21)32(29,30)11-10-26-8-1-2-9-26/h3-7,12H,1-2,8-11H2,(H2,23,27)(H,24,25,28). The molecule has 168 valence electrons. The van der Waals surface area contributed by atoms with Crippen molar-refractivity contribution >= 4 is 59.9 Å². The highest BCUT2D eigenvalue weighted by molar-refractivity contribution is 7.91. The molecule has 8 nitrogen and oxygen atoms in total. The topological polar surface area (TPSA) is 122 Å². The Kier molecular flexibility index (Phi) is 6.47. The van der Waals surface area contributed by atoms with Gasteiger partial charge in [-0.15, -0.1) is 0 Å². The average molecular weight is 493 g/mol. The lowest BCUT2D eigenvalue weighted by Gasteiger charge is -2.14. The van der Waals surface area contributed by atoms with E-state index in [4.69, 9.17) is 17.3 Å². The van der Waals surface area contributed by atoms with E-state index in [1.165, 1.54) is 18.2 Å². The van der Waals surface area contributed by atoms with Gasteiger partial charge in [0.15, 0.2) is 15.0 Å². The molecule has 1 fully saturated rings. The molecule has 11 heteroatoms. The van der Waals surface area contributed by atoms with Gasteiger partial charge in [-0.25, -0.2) is 13.4 Å². The molecule has 0 radical (unpaired) electrons. The number of nitrogens with one attached hydrogen (secondary N) is 1. The Bertz CT molecular complexity index is 1300. The highest BCUT2D eigenvalue weighted by Gasteiger charge is 2.21. The normalized spacial score (nSPS) is 14.7. The molecule has 0 bridgehead atoms. The zero-order chi connectivity index (χ0) is 22.9. The third-order valence-electron chi connectivity index (χ3n) is 5.32. The molecule has 2 aromatic carbocycles. The molecule has 1 aromatic heterocycles. The highest BCUT2D eigenvalue weighted by atomic mass is 35.5. The van der Waals surface area contributed by atoms with E-state index < -0.39 is 21.7 Å². The first-order valence-electron chi connectivity index (χ1n) is 10.00. The summed E-state index contributed by atoms with van der Waals surface area (Å²) in [7, 11) is -3.43. The predicted molar refractivity (Wildman–Crippen MR) is 125 cm³/mol. The number of nitrogens with zero attached hydrogens (tertiary/aromatic N) is 2. The van der Waals surface area contributed by atoms with E-state index in [1.54, 1.807) is 18.2 Å². The van der Waals surface area contributed by atoms with Crippen molar-refractivity contribution in [3.05, 3.63) is 52.5 Å². The number of aromatic nitrogens is 1. The first-order valence-corrected chi connectivity index (χ1v) is 12.8. The molecule has 3 N–H and O–H groups in total. The molecule has 1 aliphatic rings. The fourth-order valence-corrected chi connectivity index (χ4v) is 6.17. The first kappa shape index (κ1) is 22.7. The van der Waals surface area contributed by atoms with E-state index in [0.717, 1.165) is 37.3 Å². The lowest BCUT2D eigenvalue weighted by molar-refractivity contribution is 0.100. The van der Waals surface area contributed by atoms with Gasteiger partial charge in [0.2, 0.25) is 5.91 Å². The van der Waals surface area contributed by atoms with Crippen LogP contribution < -0.4 is 11.1 Å². The number of halogens is 1. The molecule has 0 unspecified atom stereocenters. The number of nitrogens with two attached hydrogens (primary N) is 1. The van der Waals surface area contributed by atoms with Gasteiger partial charge in [-0.05, 0) is 56.3 Å². The van der Waals surface area contributed by atoms with Crippen molar-refractivity contribution in [3.63, 3.8) is 0 Å². The van der Waals surface area contributed by atoms with Crippen LogP contribution in [-0.4, -0.2) is 55.5 Å². The predicted octanol–water partition coefficient (Wildman–Crippen LogP) is 3.17. The molecule has 0 atom stereocenters. The average Bonchev–Trinajstić information content (AvgIpc) is 3.40. The summed E-state index contributed by atoms with van der Waals surface area (Å²) in [5.41, 5.74) is 5.99. The van der Waals surface area contributed by atoms with Gasteiger partial charge < -0.3 is 10.6 Å². The number of likely N-dealkylation sites (tertiary alicyclic amines) is 1. The molecule has 2 amide bonds. The molecule has 0 aliphatic carbocycles. The second-order valence-electron chi connectivity index (χ2n) is 7.50. The third-order valence-corrected chi connectivity index (χ3v) is 8.36. The minimum absolute atomic E-state index is 0.0370. The van der Waals surface area contributed by atoms with Crippen LogP contribution in [0, 0.1) is 0 Å². The van der Waals surface area contributed by atoms with Crippen LogP contribution >= 0.6 is 22.9 Å². The monoisotopic (exact) mass is 492 g/mol. The van der Waals surface area contributed by atoms with Crippen LogP contribution in [0.2, 0.25) is 5.02 Å². The van der Waals surface area contributed by atoms with Crippen LogP contribution in [0.25, 0.3) is 10.2 Å². The summed E-state index contributed by atoms with van der Waals surface area (Å²) in [4.78, 5) is 30.8. The molecule has 4 rings (SSSR count).